The first-order valence-electron chi connectivity index (χ1n) is 7.00. The van der Waals surface area contributed by atoms with Crippen molar-refractivity contribution < 1.29 is 17.6 Å². The molecule has 1 atom stereocenters. The van der Waals surface area contributed by atoms with E-state index in [0.29, 0.717) is 10.7 Å². The highest BCUT2D eigenvalue weighted by molar-refractivity contribution is 7.92. The third-order valence-electron chi connectivity index (χ3n) is 3.24. The van der Waals surface area contributed by atoms with Crippen molar-refractivity contribution in [3.8, 4) is 0 Å². The molecule has 0 bridgehead atoms. The maximum atomic E-state index is 13.4. The molecule has 5 nitrogen and oxygen atoms in total. The van der Waals surface area contributed by atoms with Gasteiger partial charge >= 0.3 is 0 Å². The van der Waals surface area contributed by atoms with Crippen LogP contribution in [0.15, 0.2) is 48.5 Å². The van der Waals surface area contributed by atoms with Gasteiger partial charge in [-0.1, -0.05) is 23.7 Å². The summed E-state index contributed by atoms with van der Waals surface area (Å²) in [5.41, 5.74) is 0.512. The number of amides is 1. The first kappa shape index (κ1) is 18.2. The van der Waals surface area contributed by atoms with Crippen LogP contribution in [0.4, 0.5) is 15.8 Å². The lowest BCUT2D eigenvalue weighted by Gasteiger charge is -2.28. The van der Waals surface area contributed by atoms with Crippen molar-refractivity contribution in [3.05, 3.63) is 59.4 Å². The molecule has 2 aromatic carbocycles. The molecule has 0 saturated heterocycles. The molecule has 2 rings (SSSR count). The van der Waals surface area contributed by atoms with Crippen molar-refractivity contribution >= 4 is 38.9 Å². The van der Waals surface area contributed by atoms with Crippen molar-refractivity contribution in [1.82, 2.24) is 0 Å². The van der Waals surface area contributed by atoms with E-state index in [9.17, 15) is 17.6 Å². The second kappa shape index (κ2) is 7.19. The maximum absolute atomic E-state index is 13.4. The summed E-state index contributed by atoms with van der Waals surface area (Å²) in [4.78, 5) is 12.4. The molecular formula is C16H16ClFN2O3S. The summed E-state index contributed by atoms with van der Waals surface area (Å²) in [5, 5.41) is 3.03. The number of nitrogens with one attached hydrogen (secondary N) is 1. The van der Waals surface area contributed by atoms with Crippen molar-refractivity contribution in [1.29, 1.82) is 0 Å². The van der Waals surface area contributed by atoms with Crippen LogP contribution < -0.4 is 9.62 Å². The Hall–Kier alpha value is -2.12. The number of halogens is 2. The van der Waals surface area contributed by atoms with E-state index in [4.69, 9.17) is 11.6 Å². The minimum absolute atomic E-state index is 0.0752. The predicted octanol–water partition coefficient (Wildman–Crippen LogP) is 3.27. The maximum Gasteiger partial charge on any atom is 0.247 e. The van der Waals surface area contributed by atoms with E-state index in [1.54, 1.807) is 24.3 Å². The van der Waals surface area contributed by atoms with Gasteiger partial charge in [0.25, 0.3) is 0 Å². The van der Waals surface area contributed by atoms with Crippen molar-refractivity contribution in [2.24, 2.45) is 0 Å². The van der Waals surface area contributed by atoms with Crippen LogP contribution in [-0.2, 0) is 14.8 Å². The standard InChI is InChI=1S/C16H16ClFN2O3S/c1-11(16(21)19-14-7-3-5-12(17)9-14)20(24(2,22)23)15-8-4-6-13(18)10-15/h3-11H,1-2H3,(H,19,21). The normalized spacial score (nSPS) is 12.5. The average molecular weight is 371 g/mol. The highest BCUT2D eigenvalue weighted by Crippen LogP contribution is 2.23. The molecule has 1 N–H and O–H groups in total. The Labute approximate surface area is 145 Å². The predicted molar refractivity (Wildman–Crippen MR) is 93.3 cm³/mol. The van der Waals surface area contributed by atoms with Crippen LogP contribution in [0.1, 0.15) is 6.92 Å². The molecule has 1 unspecified atom stereocenters. The van der Waals surface area contributed by atoms with Gasteiger partial charge in [-0.25, -0.2) is 12.8 Å². The summed E-state index contributed by atoms with van der Waals surface area (Å²) in [5.74, 6) is -1.16. The van der Waals surface area contributed by atoms with Gasteiger partial charge in [0.2, 0.25) is 15.9 Å². The molecule has 0 aliphatic heterocycles. The average Bonchev–Trinajstić information content (AvgIpc) is 2.46. The quantitative estimate of drug-likeness (QED) is 0.878. The van der Waals surface area contributed by atoms with Gasteiger partial charge in [-0.05, 0) is 43.3 Å². The Kier molecular flexibility index (Phi) is 5.46. The largest absolute Gasteiger partial charge is 0.324 e. The van der Waals surface area contributed by atoms with Crippen LogP contribution in [0.3, 0.4) is 0 Å². The molecule has 0 saturated carbocycles. The topological polar surface area (TPSA) is 66.5 Å². The molecule has 2 aromatic rings. The third kappa shape index (κ3) is 4.46. The van der Waals surface area contributed by atoms with Gasteiger partial charge in [-0.3, -0.25) is 9.10 Å². The zero-order chi connectivity index (χ0) is 17.9. The highest BCUT2D eigenvalue weighted by Gasteiger charge is 2.29. The Morgan fingerprint density at radius 2 is 1.88 bits per heavy atom. The van der Waals surface area contributed by atoms with Gasteiger partial charge in [0, 0.05) is 10.7 Å². The van der Waals surface area contributed by atoms with Gasteiger partial charge in [0.05, 0.1) is 11.9 Å². The van der Waals surface area contributed by atoms with Gasteiger partial charge in [0.15, 0.2) is 0 Å². The van der Waals surface area contributed by atoms with Crippen LogP contribution in [0, 0.1) is 5.82 Å². The molecule has 0 heterocycles. The molecule has 24 heavy (non-hydrogen) atoms. The van der Waals surface area contributed by atoms with Crippen LogP contribution in [0.5, 0.6) is 0 Å². The Balaban J connectivity index is 2.31. The molecule has 1 amide bonds. The number of sulfonamides is 1. The van der Waals surface area contributed by atoms with E-state index >= 15 is 0 Å². The monoisotopic (exact) mass is 370 g/mol. The number of rotatable bonds is 5. The molecule has 0 radical (unpaired) electrons. The second-order valence-corrected chi connectivity index (χ2v) is 7.51. The van der Waals surface area contributed by atoms with E-state index in [1.165, 1.54) is 25.1 Å². The molecule has 0 spiro atoms. The molecule has 0 fully saturated rings. The fraction of sp³-hybridized carbons (Fsp3) is 0.188. The van der Waals surface area contributed by atoms with Crippen LogP contribution in [-0.4, -0.2) is 26.6 Å². The minimum atomic E-state index is -3.80. The van der Waals surface area contributed by atoms with Gasteiger partial charge in [0.1, 0.15) is 11.9 Å². The lowest BCUT2D eigenvalue weighted by molar-refractivity contribution is -0.116. The van der Waals surface area contributed by atoms with Gasteiger partial charge in [-0.15, -0.1) is 0 Å². The number of hydrogen-bond acceptors (Lipinski definition) is 3. The van der Waals surface area contributed by atoms with E-state index in [1.807, 2.05) is 0 Å². The summed E-state index contributed by atoms with van der Waals surface area (Å²) in [6.07, 6.45) is 0.959. The number of benzene rings is 2. The van der Waals surface area contributed by atoms with E-state index < -0.39 is 27.8 Å². The first-order valence-corrected chi connectivity index (χ1v) is 9.22. The third-order valence-corrected chi connectivity index (χ3v) is 4.72. The van der Waals surface area contributed by atoms with Crippen LogP contribution in [0.2, 0.25) is 5.02 Å². The van der Waals surface area contributed by atoms with E-state index in [2.05, 4.69) is 5.32 Å². The summed E-state index contributed by atoms with van der Waals surface area (Å²) in [6.45, 7) is 1.42. The Bertz CT molecular complexity index is 858. The summed E-state index contributed by atoms with van der Waals surface area (Å²) < 4.78 is 38.5. The zero-order valence-corrected chi connectivity index (χ0v) is 14.6. The number of hydrogen-bond donors (Lipinski definition) is 1. The molecule has 0 aliphatic carbocycles. The fourth-order valence-electron chi connectivity index (χ4n) is 2.23. The minimum Gasteiger partial charge on any atom is -0.324 e. The first-order chi connectivity index (χ1) is 11.2. The molecule has 0 aliphatic rings. The van der Waals surface area contributed by atoms with Crippen LogP contribution >= 0.6 is 11.6 Å². The lowest BCUT2D eigenvalue weighted by atomic mass is 10.2. The number of nitrogens with zero attached hydrogens (tertiary/aromatic N) is 1. The molecule has 8 heteroatoms. The number of anilines is 2. The molecule has 128 valence electrons. The Morgan fingerprint density at radius 1 is 1.21 bits per heavy atom. The van der Waals surface area contributed by atoms with E-state index in [0.717, 1.165) is 16.6 Å². The van der Waals surface area contributed by atoms with Crippen molar-refractivity contribution in [2.45, 2.75) is 13.0 Å². The van der Waals surface area contributed by atoms with Crippen molar-refractivity contribution in [3.63, 3.8) is 0 Å². The van der Waals surface area contributed by atoms with Crippen LogP contribution in [0.25, 0.3) is 0 Å². The summed E-state index contributed by atoms with van der Waals surface area (Å²) in [7, 11) is -3.80. The summed E-state index contributed by atoms with van der Waals surface area (Å²) >= 11 is 5.86. The van der Waals surface area contributed by atoms with Crippen molar-refractivity contribution in [2.75, 3.05) is 15.9 Å². The SMILES string of the molecule is CC(C(=O)Nc1cccc(Cl)c1)N(c1cccc(F)c1)S(C)(=O)=O. The number of carbonyl (C=O) groups excluding carboxylic acids is 1. The Morgan fingerprint density at radius 3 is 2.46 bits per heavy atom. The number of carbonyl (C=O) groups is 1. The second-order valence-electron chi connectivity index (χ2n) is 5.21. The fourth-order valence-corrected chi connectivity index (χ4v) is 3.59. The van der Waals surface area contributed by atoms with Gasteiger partial charge < -0.3 is 5.32 Å². The smallest absolute Gasteiger partial charge is 0.247 e. The molecular weight excluding hydrogens is 355 g/mol. The molecule has 0 aromatic heterocycles. The zero-order valence-electron chi connectivity index (χ0n) is 13.0. The van der Waals surface area contributed by atoms with E-state index in [-0.39, 0.29) is 5.69 Å². The summed E-state index contributed by atoms with van der Waals surface area (Å²) in [6, 6.07) is 10.5. The highest BCUT2D eigenvalue weighted by atomic mass is 35.5. The van der Waals surface area contributed by atoms with Gasteiger partial charge in [-0.2, -0.15) is 0 Å². The lowest BCUT2D eigenvalue weighted by Crippen LogP contribution is -2.45.